The predicted octanol–water partition coefficient (Wildman–Crippen LogP) is 3.40. The van der Waals surface area contributed by atoms with Crippen LogP contribution in [0.15, 0.2) is 29.3 Å². The molecule has 0 aliphatic heterocycles. The first-order chi connectivity index (χ1) is 7.54. The Bertz CT molecular complexity index is 389. The molecule has 0 saturated heterocycles. The minimum absolute atomic E-state index is 0.155. The maximum atomic E-state index is 13.5. The topological polar surface area (TPSA) is 29.5 Å². The highest BCUT2D eigenvalue weighted by Gasteiger charge is 2.07. The largest absolute Gasteiger partial charge is 0.486 e. The molecule has 0 heterocycles. The van der Waals surface area contributed by atoms with Gasteiger partial charge < -0.3 is 9.84 Å². The van der Waals surface area contributed by atoms with Crippen molar-refractivity contribution < 1.29 is 14.2 Å². The first kappa shape index (κ1) is 13.0. The number of aliphatic hydroxyl groups is 1. The summed E-state index contributed by atoms with van der Waals surface area (Å²) in [6, 6.07) is 4.39. The summed E-state index contributed by atoms with van der Waals surface area (Å²) in [5.41, 5.74) is 2.72. The van der Waals surface area contributed by atoms with Gasteiger partial charge in [-0.05, 0) is 37.1 Å². The first-order valence-corrected chi connectivity index (χ1v) is 5.34. The molecule has 1 aromatic carbocycles. The number of halogens is 2. The molecule has 4 heteroatoms. The van der Waals surface area contributed by atoms with Crippen molar-refractivity contribution in [3.8, 4) is 5.75 Å². The van der Waals surface area contributed by atoms with Crippen molar-refractivity contribution in [3.63, 3.8) is 0 Å². The summed E-state index contributed by atoms with van der Waals surface area (Å²) in [6.45, 7) is 3.61. The van der Waals surface area contributed by atoms with E-state index in [1.165, 1.54) is 17.7 Å². The average Bonchev–Trinajstić information content (AvgIpc) is 2.26. The van der Waals surface area contributed by atoms with Gasteiger partial charge in [0.15, 0.2) is 11.6 Å². The van der Waals surface area contributed by atoms with E-state index in [2.05, 4.69) is 0 Å². The van der Waals surface area contributed by atoms with Gasteiger partial charge in [0.25, 0.3) is 0 Å². The first-order valence-electron chi connectivity index (χ1n) is 4.90. The van der Waals surface area contributed by atoms with E-state index < -0.39 is 11.9 Å². The standard InChI is InChI=1S/C12H14ClFO2/c1-8(6-13)7-16-12-4-3-10(9(2)15)5-11(12)14/h3-6,9,15H,7H2,1-2H3/b8-6+. The normalized spacial score (nSPS) is 13.7. The van der Waals surface area contributed by atoms with Gasteiger partial charge in [-0.1, -0.05) is 17.7 Å². The maximum absolute atomic E-state index is 13.5. The predicted molar refractivity (Wildman–Crippen MR) is 62.1 cm³/mol. The Morgan fingerprint density at radius 1 is 1.62 bits per heavy atom. The Balaban J connectivity index is 2.75. The van der Waals surface area contributed by atoms with Gasteiger partial charge in [0.2, 0.25) is 0 Å². The number of aliphatic hydroxyl groups excluding tert-OH is 1. The molecule has 1 rings (SSSR count). The molecule has 0 aromatic heterocycles. The lowest BCUT2D eigenvalue weighted by molar-refractivity contribution is 0.198. The molecule has 16 heavy (non-hydrogen) atoms. The molecule has 0 spiro atoms. The van der Waals surface area contributed by atoms with E-state index in [0.717, 1.165) is 5.57 Å². The lowest BCUT2D eigenvalue weighted by Crippen LogP contribution is -2.01. The molecule has 0 bridgehead atoms. The molecule has 1 aromatic rings. The molecular formula is C12H14ClFO2. The summed E-state index contributed by atoms with van der Waals surface area (Å²) in [4.78, 5) is 0. The fraction of sp³-hybridized carbons (Fsp3) is 0.333. The van der Waals surface area contributed by atoms with E-state index in [9.17, 15) is 9.50 Å². The number of hydrogen-bond donors (Lipinski definition) is 1. The van der Waals surface area contributed by atoms with Crippen LogP contribution in [0.25, 0.3) is 0 Å². The highest BCUT2D eigenvalue weighted by atomic mass is 35.5. The second kappa shape index (κ2) is 5.87. The van der Waals surface area contributed by atoms with Gasteiger partial charge in [0.1, 0.15) is 6.61 Å². The Morgan fingerprint density at radius 2 is 2.31 bits per heavy atom. The van der Waals surface area contributed by atoms with Crippen LogP contribution in [0.4, 0.5) is 4.39 Å². The summed E-state index contributed by atoms with van der Waals surface area (Å²) in [5, 5.41) is 9.26. The highest BCUT2D eigenvalue weighted by molar-refractivity contribution is 6.25. The minimum Gasteiger partial charge on any atom is -0.486 e. The molecule has 1 atom stereocenters. The smallest absolute Gasteiger partial charge is 0.165 e. The van der Waals surface area contributed by atoms with E-state index in [1.54, 1.807) is 19.9 Å². The molecule has 2 nitrogen and oxygen atoms in total. The van der Waals surface area contributed by atoms with E-state index in [0.29, 0.717) is 5.56 Å². The van der Waals surface area contributed by atoms with Crippen LogP contribution in [0.5, 0.6) is 5.75 Å². The van der Waals surface area contributed by atoms with Crippen molar-refractivity contribution in [2.45, 2.75) is 20.0 Å². The van der Waals surface area contributed by atoms with E-state index in [4.69, 9.17) is 16.3 Å². The number of hydrogen-bond acceptors (Lipinski definition) is 2. The third-order valence-electron chi connectivity index (χ3n) is 2.08. The third kappa shape index (κ3) is 3.51. The second-order valence-electron chi connectivity index (χ2n) is 3.61. The quantitative estimate of drug-likeness (QED) is 0.880. The Hall–Kier alpha value is -1.06. The number of ether oxygens (including phenoxy) is 1. The average molecular weight is 245 g/mol. The van der Waals surface area contributed by atoms with Gasteiger partial charge in [-0.3, -0.25) is 0 Å². The summed E-state index contributed by atoms with van der Waals surface area (Å²) in [5.74, 6) is -0.331. The van der Waals surface area contributed by atoms with Gasteiger partial charge in [-0.25, -0.2) is 4.39 Å². The summed E-state index contributed by atoms with van der Waals surface area (Å²) < 4.78 is 18.7. The van der Waals surface area contributed by atoms with Crippen LogP contribution in [-0.2, 0) is 0 Å². The van der Waals surface area contributed by atoms with Crippen molar-refractivity contribution in [1.29, 1.82) is 0 Å². The van der Waals surface area contributed by atoms with Gasteiger partial charge in [-0.15, -0.1) is 0 Å². The Kier molecular flexibility index (Phi) is 4.77. The van der Waals surface area contributed by atoms with Crippen LogP contribution in [-0.4, -0.2) is 11.7 Å². The zero-order chi connectivity index (χ0) is 12.1. The van der Waals surface area contributed by atoms with Gasteiger partial charge >= 0.3 is 0 Å². The molecule has 0 aliphatic carbocycles. The van der Waals surface area contributed by atoms with Crippen molar-refractivity contribution in [2.75, 3.05) is 6.61 Å². The van der Waals surface area contributed by atoms with Gasteiger partial charge in [0, 0.05) is 5.54 Å². The molecule has 0 fully saturated rings. The van der Waals surface area contributed by atoms with Crippen LogP contribution >= 0.6 is 11.6 Å². The fourth-order valence-corrected chi connectivity index (χ4v) is 1.18. The minimum atomic E-state index is -0.687. The number of rotatable bonds is 4. The highest BCUT2D eigenvalue weighted by Crippen LogP contribution is 2.22. The van der Waals surface area contributed by atoms with Gasteiger partial charge in [0.05, 0.1) is 6.10 Å². The van der Waals surface area contributed by atoms with Crippen molar-refractivity contribution >= 4 is 11.6 Å². The molecule has 0 amide bonds. The Labute approximate surface area is 99.3 Å². The summed E-state index contributed by atoms with van der Waals surface area (Å²) in [6.07, 6.45) is -0.687. The molecule has 1 unspecified atom stereocenters. The zero-order valence-electron chi connectivity index (χ0n) is 9.21. The SMILES string of the molecule is C/C(=C\Cl)COc1ccc(C(C)O)cc1F. The number of benzene rings is 1. The Morgan fingerprint density at radius 3 is 2.81 bits per heavy atom. The molecule has 0 saturated carbocycles. The fourth-order valence-electron chi connectivity index (χ4n) is 1.12. The maximum Gasteiger partial charge on any atom is 0.165 e. The second-order valence-corrected chi connectivity index (χ2v) is 3.83. The summed E-state index contributed by atoms with van der Waals surface area (Å²) in [7, 11) is 0. The van der Waals surface area contributed by atoms with Crippen molar-refractivity contribution in [2.24, 2.45) is 0 Å². The van der Waals surface area contributed by atoms with Crippen molar-refractivity contribution in [1.82, 2.24) is 0 Å². The van der Waals surface area contributed by atoms with Crippen molar-refractivity contribution in [3.05, 3.63) is 40.7 Å². The third-order valence-corrected chi connectivity index (χ3v) is 2.45. The summed E-state index contributed by atoms with van der Waals surface area (Å²) >= 11 is 5.46. The lowest BCUT2D eigenvalue weighted by atomic mass is 10.1. The molecule has 1 N–H and O–H groups in total. The monoisotopic (exact) mass is 244 g/mol. The molecular weight excluding hydrogens is 231 g/mol. The van der Waals surface area contributed by atoms with Crippen LogP contribution in [0, 0.1) is 5.82 Å². The lowest BCUT2D eigenvalue weighted by Gasteiger charge is -2.09. The van der Waals surface area contributed by atoms with E-state index >= 15 is 0 Å². The molecule has 0 aliphatic rings. The zero-order valence-corrected chi connectivity index (χ0v) is 9.96. The van der Waals surface area contributed by atoms with Gasteiger partial charge in [-0.2, -0.15) is 0 Å². The van der Waals surface area contributed by atoms with Crippen LogP contribution in [0.1, 0.15) is 25.5 Å². The van der Waals surface area contributed by atoms with E-state index in [-0.39, 0.29) is 12.4 Å². The molecule has 88 valence electrons. The molecule has 0 radical (unpaired) electrons. The van der Waals surface area contributed by atoms with Crippen LogP contribution in [0.3, 0.4) is 0 Å². The van der Waals surface area contributed by atoms with Crippen LogP contribution < -0.4 is 4.74 Å². The van der Waals surface area contributed by atoms with E-state index in [1.807, 2.05) is 0 Å². The van der Waals surface area contributed by atoms with Crippen LogP contribution in [0.2, 0.25) is 0 Å².